The van der Waals surface area contributed by atoms with E-state index in [0.29, 0.717) is 6.54 Å². The summed E-state index contributed by atoms with van der Waals surface area (Å²) in [7, 11) is 0. The summed E-state index contributed by atoms with van der Waals surface area (Å²) in [5.74, 6) is 0. The molecule has 0 radical (unpaired) electrons. The number of hydrogen-bond donors (Lipinski definition) is 1. The van der Waals surface area contributed by atoms with Crippen LogP contribution in [0.15, 0.2) is 11.6 Å². The highest BCUT2D eigenvalue weighted by Crippen LogP contribution is 2.21. The predicted molar refractivity (Wildman–Crippen MR) is 68.3 cm³/mol. The minimum absolute atomic E-state index is 0.0748. The molecule has 1 aliphatic rings. The van der Waals surface area contributed by atoms with Crippen LogP contribution >= 0.6 is 11.6 Å². The van der Waals surface area contributed by atoms with Crippen molar-refractivity contribution < 1.29 is 0 Å². The van der Waals surface area contributed by atoms with E-state index in [1.807, 2.05) is 0 Å². The number of halogens is 1. The van der Waals surface area contributed by atoms with Crippen molar-refractivity contribution in [3.63, 3.8) is 0 Å². The van der Waals surface area contributed by atoms with Crippen LogP contribution in [-0.4, -0.2) is 11.9 Å². The van der Waals surface area contributed by atoms with E-state index in [2.05, 4.69) is 6.08 Å². The normalized spacial score (nSPS) is 26.1. The number of allylic oxidation sites excluding steroid dienone is 1. The zero-order valence-electron chi connectivity index (χ0n) is 9.68. The third-order valence-corrected chi connectivity index (χ3v) is 3.64. The smallest absolute Gasteiger partial charge is 0.0667 e. The summed E-state index contributed by atoms with van der Waals surface area (Å²) in [6.45, 7) is 0.577. The van der Waals surface area contributed by atoms with E-state index in [9.17, 15) is 0 Å². The molecule has 15 heavy (non-hydrogen) atoms. The summed E-state index contributed by atoms with van der Waals surface area (Å²) >= 11 is 6.21. The van der Waals surface area contributed by atoms with Crippen molar-refractivity contribution in [2.24, 2.45) is 5.73 Å². The highest BCUT2D eigenvalue weighted by Gasteiger charge is 2.09. The van der Waals surface area contributed by atoms with Crippen LogP contribution in [0.25, 0.3) is 0 Å². The lowest BCUT2D eigenvalue weighted by Crippen LogP contribution is -2.16. The van der Waals surface area contributed by atoms with E-state index in [4.69, 9.17) is 17.3 Å². The van der Waals surface area contributed by atoms with Crippen molar-refractivity contribution in [2.45, 2.75) is 63.2 Å². The third kappa shape index (κ3) is 5.58. The minimum Gasteiger partial charge on any atom is -0.329 e. The lowest BCUT2D eigenvalue weighted by Gasteiger charge is -2.12. The van der Waals surface area contributed by atoms with Gasteiger partial charge in [-0.3, -0.25) is 0 Å². The van der Waals surface area contributed by atoms with Gasteiger partial charge in [-0.05, 0) is 25.7 Å². The Balaban J connectivity index is 2.44. The van der Waals surface area contributed by atoms with Gasteiger partial charge < -0.3 is 5.73 Å². The monoisotopic (exact) mass is 229 g/mol. The maximum absolute atomic E-state index is 6.21. The van der Waals surface area contributed by atoms with Crippen LogP contribution in [0.5, 0.6) is 0 Å². The van der Waals surface area contributed by atoms with Gasteiger partial charge in [-0.1, -0.05) is 43.8 Å². The van der Waals surface area contributed by atoms with E-state index < -0.39 is 0 Å². The highest BCUT2D eigenvalue weighted by molar-refractivity contribution is 6.22. The van der Waals surface area contributed by atoms with Gasteiger partial charge in [0.2, 0.25) is 0 Å². The molecule has 0 aromatic heterocycles. The van der Waals surface area contributed by atoms with Crippen LogP contribution in [0.2, 0.25) is 0 Å². The van der Waals surface area contributed by atoms with Crippen LogP contribution < -0.4 is 5.73 Å². The molecule has 1 rings (SSSR count). The van der Waals surface area contributed by atoms with Gasteiger partial charge in [0.25, 0.3) is 0 Å². The van der Waals surface area contributed by atoms with Crippen molar-refractivity contribution >= 4 is 11.6 Å². The van der Waals surface area contributed by atoms with Gasteiger partial charge in [0.05, 0.1) is 5.38 Å². The molecule has 0 aromatic rings. The van der Waals surface area contributed by atoms with Gasteiger partial charge in [0, 0.05) is 6.54 Å². The molecule has 1 atom stereocenters. The molecular weight excluding hydrogens is 206 g/mol. The molecule has 1 aliphatic carbocycles. The standard InChI is InChI=1S/C13H24ClN/c14-13(11-15)12-9-7-5-3-1-2-4-6-8-10-12/h9,13H,1-8,10-11,15H2/b12-9-. The fourth-order valence-electron chi connectivity index (χ4n) is 2.18. The quantitative estimate of drug-likeness (QED) is 0.562. The third-order valence-electron chi connectivity index (χ3n) is 3.19. The first-order chi connectivity index (χ1) is 7.34. The van der Waals surface area contributed by atoms with E-state index in [0.717, 1.165) is 6.42 Å². The first-order valence-corrected chi connectivity index (χ1v) is 6.81. The zero-order valence-corrected chi connectivity index (χ0v) is 10.4. The highest BCUT2D eigenvalue weighted by atomic mass is 35.5. The molecular formula is C13H24ClN. The Hall–Kier alpha value is -0.0100. The van der Waals surface area contributed by atoms with Crippen LogP contribution in [0.1, 0.15) is 57.8 Å². The second-order valence-electron chi connectivity index (χ2n) is 4.50. The molecule has 0 aliphatic heterocycles. The Labute approximate surface area is 99.1 Å². The van der Waals surface area contributed by atoms with Crippen molar-refractivity contribution in [2.75, 3.05) is 6.54 Å². The molecule has 1 nitrogen and oxygen atoms in total. The van der Waals surface area contributed by atoms with Crippen molar-refractivity contribution in [1.82, 2.24) is 0 Å². The lowest BCUT2D eigenvalue weighted by atomic mass is 10.0. The Morgan fingerprint density at radius 2 is 1.67 bits per heavy atom. The minimum atomic E-state index is 0.0748. The SMILES string of the molecule is NCC(Cl)/C1=C\CCCCCCCCC1. The van der Waals surface area contributed by atoms with Gasteiger partial charge in [0.1, 0.15) is 0 Å². The molecule has 0 saturated heterocycles. The summed E-state index contributed by atoms with van der Waals surface area (Å²) in [6.07, 6.45) is 14.2. The number of hydrogen-bond acceptors (Lipinski definition) is 1. The van der Waals surface area contributed by atoms with Crippen molar-refractivity contribution in [3.8, 4) is 0 Å². The predicted octanol–water partition coefficient (Wildman–Crippen LogP) is 4.00. The molecule has 0 heterocycles. The molecule has 0 bridgehead atoms. The summed E-state index contributed by atoms with van der Waals surface area (Å²) in [5.41, 5.74) is 7.01. The van der Waals surface area contributed by atoms with E-state index in [1.54, 1.807) is 0 Å². The molecule has 0 amide bonds. The fraction of sp³-hybridized carbons (Fsp3) is 0.846. The molecule has 0 aromatic carbocycles. The second kappa shape index (κ2) is 8.18. The molecule has 2 N–H and O–H groups in total. The van der Waals surface area contributed by atoms with Gasteiger partial charge in [-0.15, -0.1) is 11.6 Å². The maximum atomic E-state index is 6.21. The van der Waals surface area contributed by atoms with E-state index in [-0.39, 0.29) is 5.38 Å². The molecule has 0 fully saturated rings. The first-order valence-electron chi connectivity index (χ1n) is 6.37. The van der Waals surface area contributed by atoms with Gasteiger partial charge >= 0.3 is 0 Å². The van der Waals surface area contributed by atoms with Crippen LogP contribution in [0.3, 0.4) is 0 Å². The number of nitrogens with two attached hydrogens (primary N) is 1. The first kappa shape index (κ1) is 13.1. The van der Waals surface area contributed by atoms with Crippen LogP contribution in [0, 0.1) is 0 Å². The molecule has 0 spiro atoms. The Morgan fingerprint density at radius 1 is 1.07 bits per heavy atom. The van der Waals surface area contributed by atoms with Gasteiger partial charge in [-0.2, -0.15) is 0 Å². The Bertz CT molecular complexity index is 189. The van der Waals surface area contributed by atoms with E-state index in [1.165, 1.54) is 56.9 Å². The summed E-state index contributed by atoms with van der Waals surface area (Å²) in [4.78, 5) is 0. The number of alkyl halides is 1. The average molecular weight is 230 g/mol. The topological polar surface area (TPSA) is 26.0 Å². The molecule has 0 saturated carbocycles. The van der Waals surface area contributed by atoms with Gasteiger partial charge in [-0.25, -0.2) is 0 Å². The largest absolute Gasteiger partial charge is 0.329 e. The maximum Gasteiger partial charge on any atom is 0.0667 e. The molecule has 88 valence electrons. The average Bonchev–Trinajstić information content (AvgIpc) is 2.32. The van der Waals surface area contributed by atoms with Crippen LogP contribution in [-0.2, 0) is 0 Å². The van der Waals surface area contributed by atoms with Crippen molar-refractivity contribution in [3.05, 3.63) is 11.6 Å². The Kier molecular flexibility index (Phi) is 7.12. The molecule has 1 unspecified atom stereocenters. The molecule has 2 heteroatoms. The Morgan fingerprint density at radius 3 is 2.33 bits per heavy atom. The van der Waals surface area contributed by atoms with Crippen LogP contribution in [0.4, 0.5) is 0 Å². The zero-order chi connectivity index (χ0) is 10.9. The number of rotatable bonds is 2. The summed E-state index contributed by atoms with van der Waals surface area (Å²) in [5, 5.41) is 0.0748. The lowest BCUT2D eigenvalue weighted by molar-refractivity contribution is 0.586. The summed E-state index contributed by atoms with van der Waals surface area (Å²) in [6, 6.07) is 0. The van der Waals surface area contributed by atoms with E-state index >= 15 is 0 Å². The fourth-order valence-corrected chi connectivity index (χ4v) is 2.38. The second-order valence-corrected chi connectivity index (χ2v) is 5.02. The summed E-state index contributed by atoms with van der Waals surface area (Å²) < 4.78 is 0. The van der Waals surface area contributed by atoms with Crippen molar-refractivity contribution in [1.29, 1.82) is 0 Å². The van der Waals surface area contributed by atoms with Gasteiger partial charge in [0.15, 0.2) is 0 Å².